The summed E-state index contributed by atoms with van der Waals surface area (Å²) in [5, 5.41) is 8.72. The van der Waals surface area contributed by atoms with Crippen LogP contribution in [0.25, 0.3) is 0 Å². The number of halogens is 1. The maximum atomic E-state index is 8.72. The minimum absolute atomic E-state index is 0.0442. The Morgan fingerprint density at radius 1 is 1.40 bits per heavy atom. The van der Waals surface area contributed by atoms with E-state index in [1.54, 1.807) is 0 Å². The molecule has 15 heavy (non-hydrogen) atoms. The Balaban J connectivity index is 2.66. The van der Waals surface area contributed by atoms with Crippen LogP contribution in [-0.2, 0) is 5.88 Å². The van der Waals surface area contributed by atoms with Crippen molar-refractivity contribution in [2.75, 3.05) is 18.5 Å². The van der Waals surface area contributed by atoms with Crippen LogP contribution in [0, 0.1) is 17.2 Å². The van der Waals surface area contributed by atoms with Gasteiger partial charge in [-0.05, 0) is 24.6 Å². The van der Waals surface area contributed by atoms with E-state index < -0.39 is 0 Å². The zero-order valence-corrected chi connectivity index (χ0v) is 9.83. The fraction of sp³-hybridized carbons (Fsp3) is 0.417. The van der Waals surface area contributed by atoms with Crippen LogP contribution in [0.1, 0.15) is 12.5 Å². The van der Waals surface area contributed by atoms with E-state index in [-0.39, 0.29) is 5.92 Å². The molecule has 0 saturated carbocycles. The number of hydrogen-bond donors (Lipinski definition) is 0. The van der Waals surface area contributed by atoms with Gasteiger partial charge in [0.2, 0.25) is 0 Å². The largest absolute Gasteiger partial charge is 0.373 e. The van der Waals surface area contributed by atoms with E-state index in [1.165, 1.54) is 0 Å². The molecule has 0 aromatic heterocycles. The molecular weight excluding hydrogens is 208 g/mol. The minimum atomic E-state index is 0.0442. The predicted molar refractivity (Wildman–Crippen MR) is 64.0 cm³/mol. The molecule has 2 nitrogen and oxygen atoms in total. The van der Waals surface area contributed by atoms with Gasteiger partial charge in [0.15, 0.2) is 0 Å². The SMILES string of the molecule is CC(C#N)CN(C)c1ccc(CCl)cc1. The van der Waals surface area contributed by atoms with Crippen LogP contribution in [0.4, 0.5) is 5.69 Å². The smallest absolute Gasteiger partial charge is 0.0671 e. The van der Waals surface area contributed by atoms with E-state index in [0.717, 1.165) is 17.8 Å². The summed E-state index contributed by atoms with van der Waals surface area (Å²) in [7, 11) is 1.99. The standard InChI is InChI=1S/C12H15ClN2/c1-10(8-14)9-15(2)12-5-3-11(7-13)4-6-12/h3-6,10H,7,9H2,1-2H3. The highest BCUT2D eigenvalue weighted by Gasteiger charge is 2.05. The molecule has 1 aromatic rings. The van der Waals surface area contributed by atoms with Gasteiger partial charge >= 0.3 is 0 Å². The van der Waals surface area contributed by atoms with Crippen LogP contribution in [-0.4, -0.2) is 13.6 Å². The second kappa shape index (κ2) is 5.63. The molecule has 1 unspecified atom stereocenters. The van der Waals surface area contributed by atoms with Crippen molar-refractivity contribution in [2.45, 2.75) is 12.8 Å². The topological polar surface area (TPSA) is 27.0 Å². The van der Waals surface area contributed by atoms with Gasteiger partial charge in [0.1, 0.15) is 0 Å². The van der Waals surface area contributed by atoms with Crippen molar-refractivity contribution in [1.29, 1.82) is 5.26 Å². The zero-order chi connectivity index (χ0) is 11.3. The second-order valence-electron chi connectivity index (χ2n) is 3.71. The molecule has 0 saturated heterocycles. The van der Waals surface area contributed by atoms with E-state index >= 15 is 0 Å². The van der Waals surface area contributed by atoms with Gasteiger partial charge in [-0.25, -0.2) is 0 Å². The summed E-state index contributed by atoms with van der Waals surface area (Å²) in [6.07, 6.45) is 0. The normalized spacial score (nSPS) is 11.9. The molecular formula is C12H15ClN2. The fourth-order valence-corrected chi connectivity index (χ4v) is 1.57. The molecule has 0 aliphatic heterocycles. The first kappa shape index (κ1) is 11.9. The van der Waals surface area contributed by atoms with Crippen molar-refractivity contribution >= 4 is 17.3 Å². The van der Waals surface area contributed by atoms with E-state index in [4.69, 9.17) is 16.9 Å². The Morgan fingerprint density at radius 3 is 2.47 bits per heavy atom. The Bertz CT molecular complexity index is 340. The molecule has 1 aromatic carbocycles. The van der Waals surface area contributed by atoms with Crippen molar-refractivity contribution in [2.24, 2.45) is 5.92 Å². The molecule has 0 amide bonds. The predicted octanol–water partition coefficient (Wildman–Crippen LogP) is 3.02. The van der Waals surface area contributed by atoms with Crippen molar-refractivity contribution < 1.29 is 0 Å². The summed E-state index contributed by atoms with van der Waals surface area (Å²) in [4.78, 5) is 2.08. The molecule has 1 atom stereocenters. The molecule has 0 aliphatic rings. The van der Waals surface area contributed by atoms with Crippen LogP contribution in [0.3, 0.4) is 0 Å². The molecule has 0 fully saturated rings. The van der Waals surface area contributed by atoms with Gasteiger partial charge in [-0.1, -0.05) is 12.1 Å². The Morgan fingerprint density at radius 2 is 2.00 bits per heavy atom. The second-order valence-corrected chi connectivity index (χ2v) is 3.98. The van der Waals surface area contributed by atoms with Crippen LogP contribution >= 0.6 is 11.6 Å². The van der Waals surface area contributed by atoms with Crippen molar-refractivity contribution in [3.63, 3.8) is 0 Å². The first-order chi connectivity index (χ1) is 7.17. The molecule has 0 spiro atoms. The van der Waals surface area contributed by atoms with E-state index in [0.29, 0.717) is 5.88 Å². The van der Waals surface area contributed by atoms with Crippen LogP contribution < -0.4 is 4.90 Å². The lowest BCUT2D eigenvalue weighted by Crippen LogP contribution is -2.22. The van der Waals surface area contributed by atoms with Crippen LogP contribution in [0.2, 0.25) is 0 Å². The van der Waals surface area contributed by atoms with Crippen LogP contribution in [0.5, 0.6) is 0 Å². The molecule has 0 N–H and O–H groups in total. The van der Waals surface area contributed by atoms with Gasteiger partial charge in [-0.3, -0.25) is 0 Å². The monoisotopic (exact) mass is 222 g/mol. The zero-order valence-electron chi connectivity index (χ0n) is 9.07. The maximum absolute atomic E-state index is 8.72. The summed E-state index contributed by atoms with van der Waals surface area (Å²) in [6.45, 7) is 2.67. The minimum Gasteiger partial charge on any atom is -0.373 e. The lowest BCUT2D eigenvalue weighted by atomic mass is 10.1. The van der Waals surface area contributed by atoms with Crippen molar-refractivity contribution in [1.82, 2.24) is 0 Å². The third-order valence-electron chi connectivity index (χ3n) is 2.30. The summed E-state index contributed by atoms with van der Waals surface area (Å²) in [5.74, 6) is 0.584. The molecule has 0 bridgehead atoms. The molecule has 0 heterocycles. The van der Waals surface area contributed by atoms with Gasteiger partial charge in [0.25, 0.3) is 0 Å². The maximum Gasteiger partial charge on any atom is 0.0671 e. The summed E-state index contributed by atoms with van der Waals surface area (Å²) >= 11 is 5.71. The van der Waals surface area contributed by atoms with Gasteiger partial charge in [0.05, 0.1) is 12.0 Å². The Labute approximate surface area is 96.1 Å². The molecule has 80 valence electrons. The Kier molecular flexibility index (Phi) is 4.45. The van der Waals surface area contributed by atoms with Gasteiger partial charge < -0.3 is 4.90 Å². The molecule has 1 rings (SSSR count). The molecule has 0 aliphatic carbocycles. The number of rotatable bonds is 4. The van der Waals surface area contributed by atoms with E-state index in [2.05, 4.69) is 11.0 Å². The lowest BCUT2D eigenvalue weighted by Gasteiger charge is -2.20. The van der Waals surface area contributed by atoms with Crippen molar-refractivity contribution in [3.05, 3.63) is 29.8 Å². The number of hydrogen-bond acceptors (Lipinski definition) is 2. The van der Waals surface area contributed by atoms with Gasteiger partial charge in [0, 0.05) is 25.2 Å². The third kappa shape index (κ3) is 3.45. The highest BCUT2D eigenvalue weighted by Crippen LogP contribution is 2.15. The van der Waals surface area contributed by atoms with Gasteiger partial charge in [-0.15, -0.1) is 11.6 Å². The third-order valence-corrected chi connectivity index (χ3v) is 2.61. The van der Waals surface area contributed by atoms with E-state index in [1.807, 2.05) is 38.2 Å². The number of anilines is 1. The quantitative estimate of drug-likeness (QED) is 0.733. The average molecular weight is 223 g/mol. The highest BCUT2D eigenvalue weighted by atomic mass is 35.5. The number of alkyl halides is 1. The average Bonchev–Trinajstić information content (AvgIpc) is 2.29. The van der Waals surface area contributed by atoms with Gasteiger partial charge in [-0.2, -0.15) is 5.26 Å². The number of nitriles is 1. The number of nitrogens with zero attached hydrogens (tertiary/aromatic N) is 2. The van der Waals surface area contributed by atoms with Crippen LogP contribution in [0.15, 0.2) is 24.3 Å². The Hall–Kier alpha value is -1.20. The first-order valence-electron chi connectivity index (χ1n) is 4.93. The highest BCUT2D eigenvalue weighted by molar-refractivity contribution is 6.17. The van der Waals surface area contributed by atoms with E-state index in [9.17, 15) is 0 Å². The summed E-state index contributed by atoms with van der Waals surface area (Å²) in [6, 6.07) is 10.3. The lowest BCUT2D eigenvalue weighted by molar-refractivity contribution is 0.716. The summed E-state index contributed by atoms with van der Waals surface area (Å²) < 4.78 is 0. The fourth-order valence-electron chi connectivity index (χ4n) is 1.40. The molecule has 3 heteroatoms. The summed E-state index contributed by atoms with van der Waals surface area (Å²) in [5.41, 5.74) is 2.23. The van der Waals surface area contributed by atoms with Crippen molar-refractivity contribution in [3.8, 4) is 6.07 Å². The molecule has 0 radical (unpaired) electrons. The first-order valence-corrected chi connectivity index (χ1v) is 5.46. The number of benzene rings is 1.